The smallest absolute Gasteiger partial charge is 0.276 e. The SMILES string of the molecule is Cc1ccc(-n2cnnn2)cc1NC(=O)c1cc(-c2ccco2)n(-c2ccc(Cl)cc2)n1. The molecule has 0 aliphatic carbocycles. The van der Waals surface area contributed by atoms with Gasteiger partial charge >= 0.3 is 0 Å². The quantitative estimate of drug-likeness (QED) is 0.432. The topological polar surface area (TPSA) is 104 Å². The van der Waals surface area contributed by atoms with Crippen molar-refractivity contribution in [2.75, 3.05) is 5.32 Å². The Bertz CT molecular complexity index is 1370. The van der Waals surface area contributed by atoms with Gasteiger partial charge in [0, 0.05) is 16.8 Å². The van der Waals surface area contributed by atoms with Gasteiger partial charge < -0.3 is 9.73 Å². The van der Waals surface area contributed by atoms with Gasteiger partial charge in [0.25, 0.3) is 5.91 Å². The number of rotatable bonds is 5. The molecule has 0 aliphatic rings. The van der Waals surface area contributed by atoms with Gasteiger partial charge in [-0.05, 0) is 71.4 Å². The van der Waals surface area contributed by atoms with Gasteiger partial charge in [0.15, 0.2) is 11.5 Å². The third-order valence-corrected chi connectivity index (χ3v) is 5.12. The van der Waals surface area contributed by atoms with Gasteiger partial charge in [-0.1, -0.05) is 17.7 Å². The third kappa shape index (κ3) is 3.77. The zero-order valence-electron chi connectivity index (χ0n) is 16.8. The Labute approximate surface area is 187 Å². The Balaban J connectivity index is 1.50. The van der Waals surface area contributed by atoms with Crippen LogP contribution in [0.2, 0.25) is 5.02 Å². The van der Waals surface area contributed by atoms with E-state index in [-0.39, 0.29) is 11.6 Å². The number of benzene rings is 2. The number of furan rings is 1. The van der Waals surface area contributed by atoms with Crippen LogP contribution < -0.4 is 5.32 Å². The van der Waals surface area contributed by atoms with Crippen molar-refractivity contribution in [3.05, 3.63) is 89.5 Å². The van der Waals surface area contributed by atoms with Crippen LogP contribution in [-0.2, 0) is 0 Å². The highest BCUT2D eigenvalue weighted by Gasteiger charge is 2.19. The average Bonchev–Trinajstić information content (AvgIpc) is 3.56. The van der Waals surface area contributed by atoms with Crippen molar-refractivity contribution in [2.24, 2.45) is 0 Å². The molecule has 0 atom stereocenters. The Morgan fingerprint density at radius 2 is 1.88 bits per heavy atom. The Morgan fingerprint density at radius 3 is 2.59 bits per heavy atom. The molecule has 3 aromatic heterocycles. The molecule has 32 heavy (non-hydrogen) atoms. The molecule has 0 radical (unpaired) electrons. The molecular weight excluding hydrogens is 430 g/mol. The number of carbonyl (C=O) groups excluding carboxylic acids is 1. The van der Waals surface area contributed by atoms with Crippen LogP contribution in [0.25, 0.3) is 22.8 Å². The fourth-order valence-electron chi connectivity index (χ4n) is 3.22. The summed E-state index contributed by atoms with van der Waals surface area (Å²) in [4.78, 5) is 13.1. The normalized spacial score (nSPS) is 10.9. The highest BCUT2D eigenvalue weighted by Crippen LogP contribution is 2.26. The largest absolute Gasteiger partial charge is 0.463 e. The molecule has 0 saturated carbocycles. The van der Waals surface area contributed by atoms with Crippen molar-refractivity contribution < 1.29 is 9.21 Å². The molecule has 0 bridgehead atoms. The van der Waals surface area contributed by atoms with E-state index in [9.17, 15) is 4.79 Å². The maximum atomic E-state index is 13.1. The number of halogens is 1. The van der Waals surface area contributed by atoms with Gasteiger partial charge in [-0.15, -0.1) is 5.10 Å². The van der Waals surface area contributed by atoms with Crippen molar-refractivity contribution in [3.8, 4) is 22.8 Å². The Kier molecular flexibility index (Phi) is 5.00. The number of anilines is 1. The second kappa shape index (κ2) is 8.12. The predicted molar refractivity (Wildman–Crippen MR) is 118 cm³/mol. The van der Waals surface area contributed by atoms with Crippen LogP contribution in [0.5, 0.6) is 0 Å². The molecule has 0 fully saturated rings. The van der Waals surface area contributed by atoms with Crippen LogP contribution in [0, 0.1) is 6.92 Å². The minimum absolute atomic E-state index is 0.235. The minimum Gasteiger partial charge on any atom is -0.463 e. The number of nitrogens with zero attached hydrogens (tertiary/aromatic N) is 6. The lowest BCUT2D eigenvalue weighted by Gasteiger charge is -2.09. The van der Waals surface area contributed by atoms with Crippen LogP contribution in [0.15, 0.2) is 77.7 Å². The second-order valence-electron chi connectivity index (χ2n) is 6.99. The molecule has 1 amide bonds. The molecule has 158 valence electrons. The van der Waals surface area contributed by atoms with E-state index < -0.39 is 0 Å². The number of hydrogen-bond donors (Lipinski definition) is 1. The first kappa shape index (κ1) is 19.7. The summed E-state index contributed by atoms with van der Waals surface area (Å²) in [5.74, 6) is 0.228. The van der Waals surface area contributed by atoms with Crippen molar-refractivity contribution in [1.29, 1.82) is 0 Å². The summed E-state index contributed by atoms with van der Waals surface area (Å²) in [7, 11) is 0. The van der Waals surface area contributed by atoms with E-state index in [1.54, 1.807) is 41.3 Å². The van der Waals surface area contributed by atoms with E-state index in [0.717, 1.165) is 16.9 Å². The van der Waals surface area contributed by atoms with Crippen molar-refractivity contribution in [2.45, 2.75) is 6.92 Å². The first-order chi connectivity index (χ1) is 15.6. The molecule has 5 rings (SSSR count). The fraction of sp³-hybridized carbons (Fsp3) is 0.0455. The Morgan fingerprint density at radius 1 is 1.06 bits per heavy atom. The molecular formula is C22H16ClN7O2. The van der Waals surface area contributed by atoms with Crippen LogP contribution in [0.4, 0.5) is 5.69 Å². The van der Waals surface area contributed by atoms with Crippen LogP contribution in [0.3, 0.4) is 0 Å². The molecule has 0 saturated heterocycles. The molecule has 0 aliphatic heterocycles. The van der Waals surface area contributed by atoms with E-state index in [4.69, 9.17) is 16.0 Å². The third-order valence-electron chi connectivity index (χ3n) is 4.87. The van der Waals surface area contributed by atoms with E-state index in [1.807, 2.05) is 37.3 Å². The molecule has 5 aromatic rings. The van der Waals surface area contributed by atoms with Gasteiger partial charge in [0.05, 0.1) is 17.6 Å². The average molecular weight is 446 g/mol. The van der Waals surface area contributed by atoms with E-state index >= 15 is 0 Å². The molecule has 0 spiro atoms. The Hall–Kier alpha value is -4.24. The number of tetrazole rings is 1. The molecule has 10 heteroatoms. The fourth-order valence-corrected chi connectivity index (χ4v) is 3.35. The van der Waals surface area contributed by atoms with E-state index in [0.29, 0.717) is 22.2 Å². The number of aryl methyl sites for hydroxylation is 1. The standard InChI is InChI=1S/C22H16ClN7O2/c1-14-4-7-17(29-13-24-27-28-29)11-18(14)25-22(31)19-12-20(21-3-2-10-32-21)30(26-19)16-8-5-15(23)6-9-16/h2-13H,1H3,(H,25,31). The lowest BCUT2D eigenvalue weighted by atomic mass is 10.1. The van der Waals surface area contributed by atoms with Crippen LogP contribution in [-0.4, -0.2) is 35.9 Å². The summed E-state index contributed by atoms with van der Waals surface area (Å²) in [5, 5.41) is 19.2. The van der Waals surface area contributed by atoms with Gasteiger partial charge in [-0.2, -0.15) is 5.10 Å². The highest BCUT2D eigenvalue weighted by atomic mass is 35.5. The monoisotopic (exact) mass is 445 g/mol. The summed E-state index contributed by atoms with van der Waals surface area (Å²) < 4.78 is 8.71. The lowest BCUT2D eigenvalue weighted by Crippen LogP contribution is -2.14. The van der Waals surface area contributed by atoms with E-state index in [2.05, 4.69) is 25.9 Å². The maximum Gasteiger partial charge on any atom is 0.276 e. The van der Waals surface area contributed by atoms with Crippen molar-refractivity contribution >= 4 is 23.2 Å². The van der Waals surface area contributed by atoms with Gasteiger partial charge in [-0.25, -0.2) is 9.36 Å². The lowest BCUT2D eigenvalue weighted by molar-refractivity contribution is 0.102. The summed E-state index contributed by atoms with van der Waals surface area (Å²) >= 11 is 6.02. The van der Waals surface area contributed by atoms with Crippen molar-refractivity contribution in [1.82, 2.24) is 30.0 Å². The van der Waals surface area contributed by atoms with Gasteiger partial charge in [0.2, 0.25) is 0 Å². The molecule has 9 nitrogen and oxygen atoms in total. The maximum absolute atomic E-state index is 13.1. The molecule has 2 aromatic carbocycles. The molecule has 3 heterocycles. The van der Waals surface area contributed by atoms with Gasteiger partial charge in [0.1, 0.15) is 12.0 Å². The van der Waals surface area contributed by atoms with Crippen LogP contribution >= 0.6 is 11.6 Å². The number of aromatic nitrogens is 6. The molecule has 1 N–H and O–H groups in total. The highest BCUT2D eigenvalue weighted by molar-refractivity contribution is 6.30. The number of amides is 1. The summed E-state index contributed by atoms with van der Waals surface area (Å²) in [6, 6.07) is 18.0. The zero-order chi connectivity index (χ0) is 22.1. The predicted octanol–water partition coefficient (Wildman–Crippen LogP) is 4.32. The summed E-state index contributed by atoms with van der Waals surface area (Å²) in [6.45, 7) is 1.90. The first-order valence-electron chi connectivity index (χ1n) is 9.64. The minimum atomic E-state index is -0.359. The molecule has 0 unspecified atom stereocenters. The summed E-state index contributed by atoms with van der Waals surface area (Å²) in [6.07, 6.45) is 3.06. The first-order valence-corrected chi connectivity index (χ1v) is 10.0. The number of nitrogens with one attached hydrogen (secondary N) is 1. The number of hydrogen-bond acceptors (Lipinski definition) is 6. The van der Waals surface area contributed by atoms with Crippen LogP contribution in [0.1, 0.15) is 16.1 Å². The van der Waals surface area contributed by atoms with Crippen molar-refractivity contribution in [3.63, 3.8) is 0 Å². The second-order valence-corrected chi connectivity index (χ2v) is 7.42. The van der Waals surface area contributed by atoms with Gasteiger partial charge in [-0.3, -0.25) is 4.79 Å². The zero-order valence-corrected chi connectivity index (χ0v) is 17.6. The van der Waals surface area contributed by atoms with E-state index in [1.165, 1.54) is 11.0 Å². The number of carbonyl (C=O) groups is 1. The summed E-state index contributed by atoms with van der Waals surface area (Å²) in [5.41, 5.74) is 3.86.